The summed E-state index contributed by atoms with van der Waals surface area (Å²) in [5.41, 5.74) is 1.61. The van der Waals surface area contributed by atoms with Crippen LogP contribution in [0, 0.1) is 0 Å². The third-order valence-corrected chi connectivity index (χ3v) is 6.11. The van der Waals surface area contributed by atoms with Gasteiger partial charge in [-0.25, -0.2) is 9.78 Å². The van der Waals surface area contributed by atoms with Crippen molar-refractivity contribution in [1.29, 1.82) is 0 Å². The molecule has 3 rings (SSSR count). The van der Waals surface area contributed by atoms with Gasteiger partial charge in [-0.2, -0.15) is 0 Å². The van der Waals surface area contributed by atoms with E-state index in [0.717, 1.165) is 36.3 Å². The van der Waals surface area contributed by atoms with Crippen molar-refractivity contribution >= 4 is 40.0 Å². The Labute approximate surface area is 161 Å². The maximum Gasteiger partial charge on any atom is 0.341 e. The number of carbonyl (C=O) groups excluding carboxylic acids is 2. The molecule has 0 radical (unpaired) electrons. The number of anilines is 1. The van der Waals surface area contributed by atoms with E-state index in [1.54, 1.807) is 6.20 Å². The minimum atomic E-state index is -0.341. The van der Waals surface area contributed by atoms with Crippen LogP contribution in [0.25, 0.3) is 0 Å². The quantitative estimate of drug-likeness (QED) is 0.588. The van der Waals surface area contributed by atoms with Gasteiger partial charge in [0.25, 0.3) is 0 Å². The highest BCUT2D eigenvalue weighted by molar-refractivity contribution is 7.99. The molecule has 0 saturated heterocycles. The van der Waals surface area contributed by atoms with E-state index >= 15 is 0 Å². The lowest BCUT2D eigenvalue weighted by molar-refractivity contribution is -0.113. The van der Waals surface area contributed by atoms with E-state index in [1.165, 1.54) is 28.0 Å². The van der Waals surface area contributed by atoms with Gasteiger partial charge in [-0.3, -0.25) is 4.79 Å². The first-order valence-corrected chi connectivity index (χ1v) is 10.5. The van der Waals surface area contributed by atoms with E-state index in [0.29, 0.717) is 10.6 Å². The Morgan fingerprint density at radius 3 is 2.85 bits per heavy atom. The number of thiophene rings is 1. The van der Waals surface area contributed by atoms with Crippen molar-refractivity contribution in [3.8, 4) is 0 Å². The van der Waals surface area contributed by atoms with Gasteiger partial charge >= 0.3 is 5.97 Å². The summed E-state index contributed by atoms with van der Waals surface area (Å²) in [6, 6.07) is 5.60. The van der Waals surface area contributed by atoms with Crippen molar-refractivity contribution < 1.29 is 14.3 Å². The molecule has 0 saturated carbocycles. The second-order valence-corrected chi connectivity index (χ2v) is 8.47. The number of esters is 1. The molecule has 0 fully saturated rings. The van der Waals surface area contributed by atoms with Crippen LogP contribution in [-0.2, 0) is 22.4 Å². The highest BCUT2D eigenvalue weighted by Crippen LogP contribution is 2.38. The first kappa shape index (κ1) is 18.9. The van der Waals surface area contributed by atoms with E-state index < -0.39 is 0 Å². The lowest BCUT2D eigenvalue weighted by atomic mass is 9.95. The zero-order chi connectivity index (χ0) is 18.5. The number of pyridine rings is 1. The Hall–Kier alpha value is -1.86. The standard InChI is InChI=1S/C19H22N2O3S2/c1-12(2)24-19(23)17-13-7-3-4-8-14(13)26-18(17)21-15(22)11-25-16-9-5-6-10-20-16/h5-6,9-10,12H,3-4,7-8,11H2,1-2H3,(H,21,22). The first-order valence-electron chi connectivity index (χ1n) is 8.73. The molecule has 2 aromatic rings. The number of rotatable bonds is 6. The molecule has 1 amide bonds. The van der Waals surface area contributed by atoms with Gasteiger partial charge < -0.3 is 10.1 Å². The second kappa shape index (κ2) is 8.68. The van der Waals surface area contributed by atoms with Gasteiger partial charge in [0.15, 0.2) is 0 Å². The molecule has 2 aromatic heterocycles. The van der Waals surface area contributed by atoms with E-state index in [2.05, 4.69) is 10.3 Å². The van der Waals surface area contributed by atoms with E-state index in [-0.39, 0.29) is 23.7 Å². The SMILES string of the molecule is CC(C)OC(=O)c1c(NC(=O)CSc2ccccn2)sc2c1CCCC2. The minimum absolute atomic E-state index is 0.141. The third kappa shape index (κ3) is 4.65. The van der Waals surface area contributed by atoms with Crippen LogP contribution in [0.5, 0.6) is 0 Å². The summed E-state index contributed by atoms with van der Waals surface area (Å²) < 4.78 is 5.41. The van der Waals surface area contributed by atoms with Crippen molar-refractivity contribution in [2.75, 3.05) is 11.1 Å². The summed E-state index contributed by atoms with van der Waals surface area (Å²) in [7, 11) is 0. The zero-order valence-corrected chi connectivity index (χ0v) is 16.5. The lowest BCUT2D eigenvalue weighted by Gasteiger charge is -2.14. The number of fused-ring (bicyclic) bond motifs is 1. The van der Waals surface area contributed by atoms with Crippen molar-refractivity contribution in [3.05, 3.63) is 40.4 Å². The van der Waals surface area contributed by atoms with Gasteiger partial charge in [-0.05, 0) is 57.2 Å². The van der Waals surface area contributed by atoms with Gasteiger partial charge in [-0.15, -0.1) is 11.3 Å². The van der Waals surface area contributed by atoms with Gasteiger partial charge in [-0.1, -0.05) is 17.8 Å². The summed E-state index contributed by atoms with van der Waals surface area (Å²) in [6.45, 7) is 3.66. The van der Waals surface area contributed by atoms with E-state index in [4.69, 9.17) is 4.74 Å². The molecule has 0 unspecified atom stereocenters. The van der Waals surface area contributed by atoms with Crippen LogP contribution in [0.1, 0.15) is 47.5 Å². The number of hydrogen-bond acceptors (Lipinski definition) is 6. The molecule has 0 bridgehead atoms. The molecule has 0 spiro atoms. The van der Waals surface area contributed by atoms with Crippen LogP contribution in [0.15, 0.2) is 29.4 Å². The number of ether oxygens (including phenoxy) is 1. The van der Waals surface area contributed by atoms with Gasteiger partial charge in [0.05, 0.1) is 22.4 Å². The van der Waals surface area contributed by atoms with Crippen molar-refractivity contribution in [3.63, 3.8) is 0 Å². The normalized spacial score (nSPS) is 13.3. The average molecular weight is 391 g/mol. The molecule has 5 nitrogen and oxygen atoms in total. The Morgan fingerprint density at radius 1 is 1.31 bits per heavy atom. The highest BCUT2D eigenvalue weighted by atomic mass is 32.2. The van der Waals surface area contributed by atoms with Gasteiger partial charge in [0.1, 0.15) is 5.00 Å². The number of nitrogens with one attached hydrogen (secondary N) is 1. The summed E-state index contributed by atoms with van der Waals surface area (Å²) in [6.07, 6.45) is 5.52. The third-order valence-electron chi connectivity index (χ3n) is 3.96. The molecular formula is C19H22N2O3S2. The molecule has 26 heavy (non-hydrogen) atoms. The summed E-state index contributed by atoms with van der Waals surface area (Å²) in [5.74, 6) is -0.233. The maximum absolute atomic E-state index is 12.6. The first-order chi connectivity index (χ1) is 12.5. The number of carbonyl (C=O) groups is 2. The lowest BCUT2D eigenvalue weighted by Crippen LogP contribution is -2.18. The van der Waals surface area contributed by atoms with Crippen molar-refractivity contribution in [2.24, 2.45) is 0 Å². The van der Waals surface area contributed by atoms with Crippen LogP contribution in [-0.4, -0.2) is 28.7 Å². The number of aromatic nitrogens is 1. The fourth-order valence-electron chi connectivity index (χ4n) is 2.88. The van der Waals surface area contributed by atoms with Crippen LogP contribution in [0.2, 0.25) is 0 Å². The van der Waals surface area contributed by atoms with Crippen LogP contribution >= 0.6 is 23.1 Å². The number of nitrogens with zero attached hydrogens (tertiary/aromatic N) is 1. The number of aryl methyl sites for hydroxylation is 1. The fraction of sp³-hybridized carbons (Fsp3) is 0.421. The Bertz CT molecular complexity index is 788. The van der Waals surface area contributed by atoms with E-state index in [1.807, 2.05) is 32.0 Å². The second-order valence-electron chi connectivity index (χ2n) is 6.37. The molecule has 1 aliphatic rings. The molecule has 2 heterocycles. The van der Waals surface area contributed by atoms with Gasteiger partial charge in [0.2, 0.25) is 5.91 Å². The number of hydrogen-bond donors (Lipinski definition) is 1. The Balaban J connectivity index is 1.74. The van der Waals surface area contributed by atoms with Crippen molar-refractivity contribution in [2.45, 2.75) is 50.7 Å². The zero-order valence-electron chi connectivity index (χ0n) is 14.9. The smallest absolute Gasteiger partial charge is 0.341 e. The summed E-state index contributed by atoms with van der Waals surface area (Å²) in [4.78, 5) is 30.4. The fourth-order valence-corrected chi connectivity index (χ4v) is 4.83. The monoisotopic (exact) mass is 390 g/mol. The van der Waals surface area contributed by atoms with E-state index in [9.17, 15) is 9.59 Å². The topological polar surface area (TPSA) is 68.3 Å². The number of thioether (sulfide) groups is 1. The van der Waals surface area contributed by atoms with Crippen LogP contribution in [0.4, 0.5) is 5.00 Å². The van der Waals surface area contributed by atoms with Crippen molar-refractivity contribution in [1.82, 2.24) is 4.98 Å². The predicted octanol–water partition coefficient (Wildman–Crippen LogP) is 4.32. The predicted molar refractivity (Wildman–Crippen MR) is 105 cm³/mol. The van der Waals surface area contributed by atoms with Crippen LogP contribution in [0.3, 0.4) is 0 Å². The molecule has 7 heteroatoms. The Kier molecular flexibility index (Phi) is 6.32. The molecule has 1 N–H and O–H groups in total. The average Bonchev–Trinajstić information content (AvgIpc) is 2.98. The molecule has 1 aliphatic carbocycles. The molecule has 0 atom stereocenters. The Morgan fingerprint density at radius 2 is 2.12 bits per heavy atom. The molecule has 0 aromatic carbocycles. The molecule has 138 valence electrons. The molecular weight excluding hydrogens is 368 g/mol. The van der Waals surface area contributed by atoms with Gasteiger partial charge in [0, 0.05) is 11.1 Å². The minimum Gasteiger partial charge on any atom is -0.459 e. The van der Waals surface area contributed by atoms with Crippen LogP contribution < -0.4 is 5.32 Å². The molecule has 0 aliphatic heterocycles. The summed E-state index contributed by atoms with van der Waals surface area (Å²) in [5, 5.41) is 4.34. The summed E-state index contributed by atoms with van der Waals surface area (Å²) >= 11 is 2.88. The number of amides is 1. The highest BCUT2D eigenvalue weighted by Gasteiger charge is 2.27. The largest absolute Gasteiger partial charge is 0.459 e. The maximum atomic E-state index is 12.6.